The Morgan fingerprint density at radius 1 is 0.905 bits per heavy atom. The van der Waals surface area contributed by atoms with Crippen LogP contribution in [0.3, 0.4) is 0 Å². The number of carbonyl (C=O) groups excluding carboxylic acids is 1. The molecule has 3 aromatic rings. The lowest BCUT2D eigenvalue weighted by Crippen LogP contribution is -2.51. The second kappa shape index (κ2) is 11.9. The molecule has 0 N–H and O–H groups in total. The Labute approximate surface area is 243 Å². The van der Waals surface area contributed by atoms with Gasteiger partial charge in [0.1, 0.15) is 23.3 Å². The fourth-order valence-electron chi connectivity index (χ4n) is 5.53. The molecule has 222 valence electrons. The SMILES string of the molecule is CN1CCN(CCCC2(c3ccccc3)OC(c3cc(F)ccc3F)=NN2C(=O)C(C)(C)c2cc(F)ccc2F)CC1. The van der Waals surface area contributed by atoms with Gasteiger partial charge in [-0.1, -0.05) is 30.3 Å². The Balaban J connectivity index is 1.59. The number of benzene rings is 3. The number of ether oxygens (including phenoxy) is 1. The average molecular weight is 583 g/mol. The number of piperazine rings is 1. The van der Waals surface area contributed by atoms with E-state index in [0.29, 0.717) is 18.5 Å². The number of nitrogens with zero attached hydrogens (tertiary/aromatic N) is 4. The zero-order valence-corrected chi connectivity index (χ0v) is 23.9. The maximum Gasteiger partial charge on any atom is 0.256 e. The van der Waals surface area contributed by atoms with E-state index in [1.807, 2.05) is 6.07 Å². The molecule has 1 saturated heterocycles. The van der Waals surface area contributed by atoms with Crippen LogP contribution >= 0.6 is 0 Å². The fourth-order valence-corrected chi connectivity index (χ4v) is 5.53. The van der Waals surface area contributed by atoms with E-state index in [9.17, 15) is 22.4 Å². The summed E-state index contributed by atoms with van der Waals surface area (Å²) < 4.78 is 64.9. The van der Waals surface area contributed by atoms with Crippen molar-refractivity contribution in [3.63, 3.8) is 0 Å². The van der Waals surface area contributed by atoms with Crippen LogP contribution in [0.15, 0.2) is 71.8 Å². The number of carbonyl (C=O) groups is 1. The monoisotopic (exact) mass is 582 g/mol. The molecular weight excluding hydrogens is 548 g/mol. The number of hydrazone groups is 1. The van der Waals surface area contributed by atoms with E-state index < -0.39 is 40.3 Å². The maximum atomic E-state index is 15.0. The summed E-state index contributed by atoms with van der Waals surface area (Å²) in [4.78, 5) is 19.0. The molecule has 0 radical (unpaired) electrons. The predicted molar refractivity (Wildman–Crippen MR) is 152 cm³/mol. The topological polar surface area (TPSA) is 48.4 Å². The molecule has 3 aromatic carbocycles. The summed E-state index contributed by atoms with van der Waals surface area (Å²) in [5, 5.41) is 5.55. The van der Waals surface area contributed by atoms with E-state index in [0.717, 1.165) is 67.6 Å². The van der Waals surface area contributed by atoms with Crippen molar-refractivity contribution in [2.75, 3.05) is 39.8 Å². The maximum absolute atomic E-state index is 15.0. The Bertz CT molecular complexity index is 1470. The Kier molecular flexibility index (Phi) is 8.39. The Morgan fingerprint density at radius 3 is 2.24 bits per heavy atom. The van der Waals surface area contributed by atoms with Crippen LogP contribution in [0.1, 0.15) is 43.4 Å². The van der Waals surface area contributed by atoms with Gasteiger partial charge in [0.25, 0.3) is 5.91 Å². The first kappa shape index (κ1) is 29.7. The van der Waals surface area contributed by atoms with E-state index in [1.165, 1.54) is 13.8 Å². The van der Waals surface area contributed by atoms with Crippen LogP contribution in [0.2, 0.25) is 0 Å². The first-order valence-electron chi connectivity index (χ1n) is 14.0. The highest BCUT2D eigenvalue weighted by Gasteiger charge is 2.53. The largest absolute Gasteiger partial charge is 0.443 e. The third-order valence-corrected chi connectivity index (χ3v) is 8.10. The molecule has 2 heterocycles. The number of amides is 1. The highest BCUT2D eigenvalue weighted by molar-refractivity contribution is 5.98. The van der Waals surface area contributed by atoms with Crippen molar-refractivity contribution < 1.29 is 27.1 Å². The third-order valence-electron chi connectivity index (χ3n) is 8.10. The molecular formula is C32H34F4N4O2. The van der Waals surface area contributed by atoms with E-state index >= 15 is 0 Å². The highest BCUT2D eigenvalue weighted by Crippen LogP contribution is 2.44. The highest BCUT2D eigenvalue weighted by atomic mass is 19.1. The molecule has 2 aliphatic rings. The first-order chi connectivity index (χ1) is 20.0. The molecule has 0 spiro atoms. The fraction of sp³-hybridized carbons (Fsp3) is 0.375. The minimum absolute atomic E-state index is 0.160. The molecule has 2 aliphatic heterocycles. The zero-order valence-electron chi connectivity index (χ0n) is 23.9. The van der Waals surface area contributed by atoms with Crippen molar-refractivity contribution in [2.45, 2.75) is 37.8 Å². The van der Waals surface area contributed by atoms with E-state index in [-0.39, 0.29) is 23.4 Å². The van der Waals surface area contributed by atoms with Crippen LogP contribution in [0.5, 0.6) is 0 Å². The summed E-state index contributed by atoms with van der Waals surface area (Å²) >= 11 is 0. The van der Waals surface area contributed by atoms with Gasteiger partial charge in [0.05, 0.1) is 11.0 Å². The quantitative estimate of drug-likeness (QED) is 0.324. The number of hydrogen-bond donors (Lipinski definition) is 0. The van der Waals surface area contributed by atoms with Gasteiger partial charge in [-0.15, -0.1) is 5.10 Å². The first-order valence-corrected chi connectivity index (χ1v) is 14.0. The summed E-state index contributed by atoms with van der Waals surface area (Å²) in [6.45, 7) is 7.31. The van der Waals surface area contributed by atoms with Crippen LogP contribution in [-0.2, 0) is 20.7 Å². The van der Waals surface area contributed by atoms with Crippen molar-refractivity contribution in [1.29, 1.82) is 0 Å². The number of hydrogen-bond acceptors (Lipinski definition) is 5. The van der Waals surface area contributed by atoms with E-state index in [4.69, 9.17) is 4.74 Å². The van der Waals surface area contributed by atoms with Crippen molar-refractivity contribution in [3.8, 4) is 0 Å². The van der Waals surface area contributed by atoms with Crippen molar-refractivity contribution in [2.24, 2.45) is 5.10 Å². The summed E-state index contributed by atoms with van der Waals surface area (Å²) in [5.41, 5.74) is -3.01. The van der Waals surface area contributed by atoms with Gasteiger partial charge in [-0.25, -0.2) is 17.6 Å². The van der Waals surface area contributed by atoms with Gasteiger partial charge < -0.3 is 14.5 Å². The van der Waals surface area contributed by atoms with Gasteiger partial charge in [-0.2, -0.15) is 5.01 Å². The zero-order chi connectivity index (χ0) is 30.1. The summed E-state index contributed by atoms with van der Waals surface area (Å²) in [5.74, 6) is -3.90. The number of likely N-dealkylation sites (N-methyl/N-ethyl adjacent to an activating group) is 1. The van der Waals surface area contributed by atoms with Crippen LogP contribution in [0.4, 0.5) is 17.6 Å². The molecule has 5 rings (SSSR count). The lowest BCUT2D eigenvalue weighted by atomic mass is 9.82. The molecule has 10 heteroatoms. The predicted octanol–water partition coefficient (Wildman–Crippen LogP) is 5.62. The molecule has 0 aromatic heterocycles. The lowest BCUT2D eigenvalue weighted by Gasteiger charge is -2.39. The van der Waals surface area contributed by atoms with E-state index in [1.54, 1.807) is 24.3 Å². The molecule has 0 aliphatic carbocycles. The molecule has 0 bridgehead atoms. The van der Waals surface area contributed by atoms with Crippen LogP contribution in [0.25, 0.3) is 0 Å². The van der Waals surface area contributed by atoms with E-state index in [2.05, 4.69) is 21.9 Å². The minimum Gasteiger partial charge on any atom is -0.443 e. The van der Waals surface area contributed by atoms with Gasteiger partial charge in [-0.05, 0) is 70.3 Å². The summed E-state index contributed by atoms with van der Waals surface area (Å²) in [6, 6.07) is 14.7. The second-order valence-corrected chi connectivity index (χ2v) is 11.4. The third kappa shape index (κ3) is 5.78. The van der Waals surface area contributed by atoms with Gasteiger partial charge >= 0.3 is 0 Å². The summed E-state index contributed by atoms with van der Waals surface area (Å²) in [6.07, 6.45) is 0.826. The minimum atomic E-state index is -1.60. The number of rotatable bonds is 8. The van der Waals surface area contributed by atoms with Crippen LogP contribution in [0, 0.1) is 23.3 Å². The van der Waals surface area contributed by atoms with Gasteiger partial charge in [0.2, 0.25) is 11.6 Å². The lowest BCUT2D eigenvalue weighted by molar-refractivity contribution is -0.158. The normalized spacial score (nSPS) is 20.0. The molecule has 1 atom stereocenters. The summed E-state index contributed by atoms with van der Waals surface area (Å²) in [7, 11) is 2.07. The smallest absolute Gasteiger partial charge is 0.256 e. The average Bonchev–Trinajstić information content (AvgIpc) is 3.37. The standard InChI is InChI=1S/C32H34F4N4O2/c1-31(2,26-21-24(34)11-13-28(26)36)30(41)40-32(22-8-5-4-6-9-22,14-7-15-39-18-16-38(3)17-19-39)42-29(37-40)25-20-23(33)10-12-27(25)35/h4-6,8-13,20-21H,7,14-19H2,1-3H3. The molecule has 1 unspecified atom stereocenters. The molecule has 0 saturated carbocycles. The van der Waals surface area contributed by atoms with Crippen molar-refractivity contribution in [1.82, 2.24) is 14.8 Å². The van der Waals surface area contributed by atoms with Gasteiger partial charge in [0, 0.05) is 43.7 Å². The molecule has 1 amide bonds. The second-order valence-electron chi connectivity index (χ2n) is 11.4. The Morgan fingerprint density at radius 2 is 1.55 bits per heavy atom. The molecule has 6 nitrogen and oxygen atoms in total. The number of halogens is 4. The van der Waals surface area contributed by atoms with Crippen LogP contribution < -0.4 is 0 Å². The van der Waals surface area contributed by atoms with Gasteiger partial charge in [0.15, 0.2) is 0 Å². The van der Waals surface area contributed by atoms with Crippen molar-refractivity contribution in [3.05, 3.63) is 107 Å². The molecule has 1 fully saturated rings. The van der Waals surface area contributed by atoms with Gasteiger partial charge in [-0.3, -0.25) is 4.79 Å². The van der Waals surface area contributed by atoms with Crippen molar-refractivity contribution >= 4 is 11.8 Å². The van der Waals surface area contributed by atoms with Crippen LogP contribution in [-0.4, -0.2) is 66.4 Å². The molecule has 42 heavy (non-hydrogen) atoms. The Hall–Kier alpha value is -3.76.